The van der Waals surface area contributed by atoms with E-state index in [2.05, 4.69) is 20.3 Å². The molecule has 164 valence electrons. The predicted molar refractivity (Wildman–Crippen MR) is 128 cm³/mol. The molecule has 0 aromatic heterocycles. The Labute approximate surface area is 193 Å². The third-order valence-electron chi connectivity index (χ3n) is 4.01. The van der Waals surface area contributed by atoms with Crippen molar-refractivity contribution in [1.29, 1.82) is 0 Å². The second-order valence-electron chi connectivity index (χ2n) is 6.19. The number of hydrogen-bond acceptors (Lipinski definition) is 5. The van der Waals surface area contributed by atoms with Gasteiger partial charge in [0.25, 0.3) is 5.69 Å². The van der Waals surface area contributed by atoms with Crippen LogP contribution >= 0.6 is 24.0 Å². The van der Waals surface area contributed by atoms with E-state index in [0.29, 0.717) is 12.5 Å². The van der Waals surface area contributed by atoms with Crippen LogP contribution in [0.15, 0.2) is 64.5 Å². The average Bonchev–Trinajstić information content (AvgIpc) is 2.72. The predicted octanol–water partition coefficient (Wildman–Crippen LogP) is 2.81. The van der Waals surface area contributed by atoms with Gasteiger partial charge in [-0.1, -0.05) is 36.4 Å². The average molecular weight is 547 g/mol. The van der Waals surface area contributed by atoms with Crippen molar-refractivity contribution in [2.24, 2.45) is 4.99 Å². The Balaban J connectivity index is 0.00000450. The molecule has 2 rings (SSSR count). The molecule has 0 bridgehead atoms. The summed E-state index contributed by atoms with van der Waals surface area (Å²) >= 11 is 0. The molecule has 0 aliphatic rings. The standard InChI is InChI=1S/C19H25N5O4S.HI/c1-3-20-19(23-15(2)16-8-5-4-6-9-16)21-12-13-22-29(27,28)18-11-7-10-17(14-18)24(25)26;/h4-11,14-15,22H,3,12-13H2,1-2H3,(H2,20,21,23);1H. The van der Waals surface area contributed by atoms with Crippen LogP contribution in [0.3, 0.4) is 0 Å². The number of nitro groups is 1. The summed E-state index contributed by atoms with van der Waals surface area (Å²) in [4.78, 5) is 14.4. The first-order chi connectivity index (χ1) is 13.8. The number of halogens is 1. The maximum absolute atomic E-state index is 12.3. The molecule has 0 saturated carbocycles. The molecule has 0 aliphatic carbocycles. The van der Waals surface area contributed by atoms with Gasteiger partial charge in [-0.3, -0.25) is 15.1 Å². The number of guanidine groups is 1. The van der Waals surface area contributed by atoms with Crippen LogP contribution in [0.5, 0.6) is 0 Å². The first-order valence-electron chi connectivity index (χ1n) is 9.17. The van der Waals surface area contributed by atoms with Crippen LogP contribution in [-0.4, -0.2) is 38.9 Å². The summed E-state index contributed by atoms with van der Waals surface area (Å²) in [5.74, 6) is 0.568. The van der Waals surface area contributed by atoms with Gasteiger partial charge >= 0.3 is 0 Å². The second-order valence-corrected chi connectivity index (χ2v) is 7.96. The zero-order chi connectivity index (χ0) is 21.3. The quantitative estimate of drug-likeness (QED) is 0.111. The highest BCUT2D eigenvalue weighted by Gasteiger charge is 2.17. The topological polar surface area (TPSA) is 126 Å². The summed E-state index contributed by atoms with van der Waals surface area (Å²) in [5, 5.41) is 17.2. The van der Waals surface area contributed by atoms with Crippen molar-refractivity contribution in [2.75, 3.05) is 19.6 Å². The number of sulfonamides is 1. The van der Waals surface area contributed by atoms with Crippen molar-refractivity contribution >= 4 is 45.6 Å². The fraction of sp³-hybridized carbons (Fsp3) is 0.316. The largest absolute Gasteiger partial charge is 0.357 e. The Bertz CT molecular complexity index is 954. The van der Waals surface area contributed by atoms with E-state index in [0.717, 1.165) is 11.6 Å². The van der Waals surface area contributed by atoms with Crippen molar-refractivity contribution < 1.29 is 13.3 Å². The molecule has 2 aromatic rings. The molecule has 1 atom stereocenters. The third-order valence-corrected chi connectivity index (χ3v) is 5.47. The lowest BCUT2D eigenvalue weighted by molar-refractivity contribution is -0.385. The van der Waals surface area contributed by atoms with Crippen LogP contribution in [0.25, 0.3) is 0 Å². The van der Waals surface area contributed by atoms with Gasteiger partial charge in [0, 0.05) is 25.2 Å². The van der Waals surface area contributed by atoms with Gasteiger partial charge in [-0.15, -0.1) is 24.0 Å². The SMILES string of the molecule is CCNC(=NCCNS(=O)(=O)c1cccc([N+](=O)[O-])c1)NC(C)c1ccccc1.I. The first kappa shape index (κ1) is 25.8. The molecule has 0 saturated heterocycles. The maximum atomic E-state index is 12.3. The number of nitro benzene ring substituents is 1. The molecule has 0 amide bonds. The van der Waals surface area contributed by atoms with E-state index in [1.165, 1.54) is 18.2 Å². The summed E-state index contributed by atoms with van der Waals surface area (Å²) in [5.41, 5.74) is 0.823. The zero-order valence-corrected chi connectivity index (χ0v) is 19.9. The van der Waals surface area contributed by atoms with Crippen molar-refractivity contribution in [3.05, 3.63) is 70.3 Å². The Kier molecular flexibility index (Phi) is 10.7. The summed E-state index contributed by atoms with van der Waals surface area (Å²) < 4.78 is 27.1. The van der Waals surface area contributed by atoms with Crippen LogP contribution in [0.4, 0.5) is 5.69 Å². The molecule has 0 aliphatic heterocycles. The lowest BCUT2D eigenvalue weighted by Gasteiger charge is -2.18. The second kappa shape index (κ2) is 12.4. The van der Waals surface area contributed by atoms with Crippen LogP contribution < -0.4 is 15.4 Å². The zero-order valence-electron chi connectivity index (χ0n) is 16.7. The summed E-state index contributed by atoms with van der Waals surface area (Å²) in [6.45, 7) is 4.86. The lowest BCUT2D eigenvalue weighted by Crippen LogP contribution is -2.39. The number of non-ortho nitro benzene ring substituents is 1. The lowest BCUT2D eigenvalue weighted by atomic mass is 10.1. The van der Waals surface area contributed by atoms with E-state index in [-0.39, 0.29) is 53.7 Å². The molecule has 1 unspecified atom stereocenters. The van der Waals surface area contributed by atoms with Gasteiger partial charge in [0.1, 0.15) is 0 Å². The number of nitrogens with zero attached hydrogens (tertiary/aromatic N) is 2. The smallest absolute Gasteiger partial charge is 0.270 e. The fourth-order valence-corrected chi connectivity index (χ4v) is 3.61. The number of benzene rings is 2. The van der Waals surface area contributed by atoms with Crippen LogP contribution in [-0.2, 0) is 10.0 Å². The molecular weight excluding hydrogens is 521 g/mol. The van der Waals surface area contributed by atoms with Crippen molar-refractivity contribution in [3.8, 4) is 0 Å². The molecular formula is C19H26IN5O4S. The highest BCUT2D eigenvalue weighted by molar-refractivity contribution is 14.0. The minimum atomic E-state index is -3.86. The van der Waals surface area contributed by atoms with E-state index < -0.39 is 14.9 Å². The molecule has 0 spiro atoms. The summed E-state index contributed by atoms with van der Waals surface area (Å²) in [6.07, 6.45) is 0. The van der Waals surface area contributed by atoms with E-state index >= 15 is 0 Å². The highest BCUT2D eigenvalue weighted by atomic mass is 127. The summed E-state index contributed by atoms with van der Waals surface area (Å²) in [6, 6.07) is 14.8. The van der Waals surface area contributed by atoms with Gasteiger partial charge in [-0.2, -0.15) is 0 Å². The van der Waals surface area contributed by atoms with Crippen LogP contribution in [0.1, 0.15) is 25.5 Å². The van der Waals surface area contributed by atoms with E-state index in [4.69, 9.17) is 0 Å². The Morgan fingerprint density at radius 3 is 2.50 bits per heavy atom. The maximum Gasteiger partial charge on any atom is 0.270 e. The van der Waals surface area contributed by atoms with Gasteiger partial charge in [0.2, 0.25) is 10.0 Å². The number of rotatable bonds is 9. The minimum absolute atomic E-state index is 0. The van der Waals surface area contributed by atoms with Gasteiger partial charge in [-0.25, -0.2) is 13.1 Å². The number of aliphatic imine (C=N–C) groups is 1. The first-order valence-corrected chi connectivity index (χ1v) is 10.7. The number of nitrogens with one attached hydrogen (secondary N) is 3. The molecule has 11 heteroatoms. The normalized spacial score (nSPS) is 12.5. The van der Waals surface area contributed by atoms with Crippen molar-refractivity contribution in [2.45, 2.75) is 24.8 Å². The Hall–Kier alpha value is -2.25. The third kappa shape index (κ3) is 7.88. The van der Waals surface area contributed by atoms with Crippen LogP contribution in [0, 0.1) is 10.1 Å². The Morgan fingerprint density at radius 2 is 1.87 bits per heavy atom. The fourth-order valence-electron chi connectivity index (χ4n) is 2.55. The Morgan fingerprint density at radius 1 is 1.17 bits per heavy atom. The van der Waals surface area contributed by atoms with E-state index in [9.17, 15) is 18.5 Å². The number of hydrogen-bond donors (Lipinski definition) is 3. The molecule has 0 radical (unpaired) electrons. The van der Waals surface area contributed by atoms with Gasteiger partial charge in [0.05, 0.1) is 22.4 Å². The molecule has 0 fully saturated rings. The van der Waals surface area contributed by atoms with Gasteiger partial charge < -0.3 is 10.6 Å². The van der Waals surface area contributed by atoms with E-state index in [1.54, 1.807) is 0 Å². The van der Waals surface area contributed by atoms with Gasteiger partial charge in [-0.05, 0) is 25.5 Å². The van der Waals surface area contributed by atoms with Gasteiger partial charge in [0.15, 0.2) is 5.96 Å². The molecule has 0 heterocycles. The van der Waals surface area contributed by atoms with Crippen LogP contribution in [0.2, 0.25) is 0 Å². The van der Waals surface area contributed by atoms with Crippen molar-refractivity contribution in [3.63, 3.8) is 0 Å². The molecule has 9 nitrogen and oxygen atoms in total. The molecule has 3 N–H and O–H groups in total. The van der Waals surface area contributed by atoms with E-state index in [1.807, 2.05) is 44.2 Å². The molecule has 2 aromatic carbocycles. The summed E-state index contributed by atoms with van der Waals surface area (Å²) in [7, 11) is -3.86. The van der Waals surface area contributed by atoms with Crippen molar-refractivity contribution in [1.82, 2.24) is 15.4 Å². The molecule has 30 heavy (non-hydrogen) atoms. The monoisotopic (exact) mass is 547 g/mol. The minimum Gasteiger partial charge on any atom is -0.357 e. The highest BCUT2D eigenvalue weighted by Crippen LogP contribution is 2.17.